The van der Waals surface area contributed by atoms with Crippen molar-refractivity contribution in [3.8, 4) is 0 Å². The molecule has 4 rings (SSSR count). The number of rotatable bonds is 5. The summed E-state index contributed by atoms with van der Waals surface area (Å²) in [7, 11) is 1.75. The van der Waals surface area contributed by atoms with Crippen LogP contribution in [0.1, 0.15) is 28.8 Å². The monoisotopic (exact) mass is 380 g/mol. The van der Waals surface area contributed by atoms with Crippen LogP contribution in [0.3, 0.4) is 0 Å². The molecule has 0 radical (unpaired) electrons. The van der Waals surface area contributed by atoms with Crippen LogP contribution < -0.4 is 5.56 Å². The fourth-order valence-electron chi connectivity index (χ4n) is 3.79. The highest BCUT2D eigenvalue weighted by molar-refractivity contribution is 5.93. The first kappa shape index (κ1) is 18.4. The quantitative estimate of drug-likeness (QED) is 0.723. The number of nitrogens with zero attached hydrogens (tertiary/aromatic N) is 5. The molecule has 1 fully saturated rings. The van der Waals surface area contributed by atoms with Crippen molar-refractivity contribution < 1.29 is 4.79 Å². The number of aromatic nitrogens is 4. The first-order chi connectivity index (χ1) is 13.6. The molecule has 0 atom stereocenters. The van der Waals surface area contributed by atoms with Gasteiger partial charge in [0, 0.05) is 26.3 Å². The van der Waals surface area contributed by atoms with E-state index in [9.17, 15) is 9.59 Å². The molecular weight excluding hydrogens is 356 g/mol. The third-order valence-corrected chi connectivity index (χ3v) is 5.37. The molecule has 8 heteroatoms. The van der Waals surface area contributed by atoms with E-state index in [1.807, 2.05) is 6.07 Å². The number of H-pyrrole nitrogens is 1. The summed E-state index contributed by atoms with van der Waals surface area (Å²) in [6.45, 7) is 3.65. The van der Waals surface area contributed by atoms with E-state index in [1.165, 1.54) is 22.6 Å². The number of likely N-dealkylation sites (tertiary alicyclic amines) is 1. The molecule has 2 aromatic heterocycles. The smallest absolute Gasteiger partial charge is 0.286 e. The molecule has 1 amide bonds. The van der Waals surface area contributed by atoms with Gasteiger partial charge in [0.1, 0.15) is 11.9 Å². The number of benzene rings is 1. The zero-order chi connectivity index (χ0) is 19.5. The van der Waals surface area contributed by atoms with Crippen molar-refractivity contribution >= 4 is 11.7 Å². The van der Waals surface area contributed by atoms with Crippen LogP contribution in [-0.2, 0) is 6.54 Å². The van der Waals surface area contributed by atoms with Crippen molar-refractivity contribution in [2.45, 2.75) is 19.4 Å². The number of hydrogen-bond acceptors (Lipinski definition) is 5. The Balaban J connectivity index is 1.33. The molecule has 1 aliphatic rings. The Bertz CT molecular complexity index is 1000. The van der Waals surface area contributed by atoms with Gasteiger partial charge < -0.3 is 4.90 Å². The van der Waals surface area contributed by atoms with E-state index >= 15 is 0 Å². The second-order valence-corrected chi connectivity index (χ2v) is 7.39. The minimum absolute atomic E-state index is 0.0609. The van der Waals surface area contributed by atoms with Gasteiger partial charge in [-0.15, -0.1) is 0 Å². The Morgan fingerprint density at radius 3 is 2.71 bits per heavy atom. The maximum Gasteiger partial charge on any atom is 0.286 e. The van der Waals surface area contributed by atoms with Crippen LogP contribution in [0.2, 0.25) is 0 Å². The summed E-state index contributed by atoms with van der Waals surface area (Å²) in [4.78, 5) is 37.3. The summed E-state index contributed by atoms with van der Waals surface area (Å²) < 4.78 is 1.18. The Hall–Kier alpha value is -3.00. The van der Waals surface area contributed by atoms with Crippen molar-refractivity contribution in [1.82, 2.24) is 29.4 Å². The normalized spacial score (nSPS) is 15.8. The van der Waals surface area contributed by atoms with Gasteiger partial charge in [-0.1, -0.05) is 30.3 Å². The Labute approximate surface area is 162 Å². The molecule has 0 aliphatic carbocycles. The van der Waals surface area contributed by atoms with E-state index < -0.39 is 5.56 Å². The highest BCUT2D eigenvalue weighted by Gasteiger charge is 2.24. The Morgan fingerprint density at radius 2 is 1.96 bits per heavy atom. The molecule has 0 saturated carbocycles. The number of nitrogens with one attached hydrogen (secondary N) is 1. The lowest BCUT2D eigenvalue weighted by Crippen LogP contribution is -2.40. The summed E-state index contributed by atoms with van der Waals surface area (Å²) in [5, 5.41) is 2.68. The van der Waals surface area contributed by atoms with Gasteiger partial charge in [-0.2, -0.15) is 4.52 Å². The molecule has 28 heavy (non-hydrogen) atoms. The van der Waals surface area contributed by atoms with Gasteiger partial charge in [0.25, 0.3) is 17.2 Å². The number of carbonyl (C=O) groups is 1. The molecule has 3 heterocycles. The van der Waals surface area contributed by atoms with Crippen molar-refractivity contribution in [2.24, 2.45) is 5.92 Å². The fraction of sp³-hybridized carbons (Fsp3) is 0.400. The number of fused-ring (bicyclic) bond motifs is 1. The Kier molecular flexibility index (Phi) is 5.21. The summed E-state index contributed by atoms with van der Waals surface area (Å²) in [5.74, 6) is 0.399. The van der Waals surface area contributed by atoms with Gasteiger partial charge in [-0.3, -0.25) is 19.6 Å². The standard InChI is InChI=1S/C20H24N6O2/c1-24(18(27)17-11-21-20-22-14-23-26(20)19(17)28)12-16-7-9-25(10-8-16)13-15-5-3-2-4-6-15/h2-6,11,14,16H,7-10,12-13H2,1H3,(H,21,22,23). The summed E-state index contributed by atoms with van der Waals surface area (Å²) in [5.41, 5.74) is 0.971. The zero-order valence-electron chi connectivity index (χ0n) is 15.9. The predicted molar refractivity (Wildman–Crippen MR) is 105 cm³/mol. The number of piperidine rings is 1. The van der Waals surface area contributed by atoms with Crippen LogP contribution in [0.25, 0.3) is 5.78 Å². The van der Waals surface area contributed by atoms with E-state index in [1.54, 1.807) is 11.9 Å². The minimum Gasteiger partial charge on any atom is -0.341 e. The van der Waals surface area contributed by atoms with Gasteiger partial charge in [-0.05, 0) is 37.4 Å². The lowest BCUT2D eigenvalue weighted by Gasteiger charge is -2.33. The van der Waals surface area contributed by atoms with E-state index in [-0.39, 0.29) is 17.2 Å². The van der Waals surface area contributed by atoms with Gasteiger partial charge >= 0.3 is 0 Å². The maximum atomic E-state index is 12.7. The van der Waals surface area contributed by atoms with Crippen molar-refractivity contribution in [1.29, 1.82) is 0 Å². The second-order valence-electron chi connectivity index (χ2n) is 7.39. The second kappa shape index (κ2) is 7.93. The molecule has 1 saturated heterocycles. The molecule has 8 nitrogen and oxygen atoms in total. The van der Waals surface area contributed by atoms with E-state index in [2.05, 4.69) is 44.2 Å². The van der Waals surface area contributed by atoms with E-state index in [0.29, 0.717) is 12.5 Å². The minimum atomic E-state index is -0.419. The third kappa shape index (κ3) is 3.82. The largest absolute Gasteiger partial charge is 0.341 e. The molecule has 3 aromatic rings. The number of carbonyl (C=O) groups excluding carboxylic acids is 1. The van der Waals surface area contributed by atoms with Crippen LogP contribution in [0.4, 0.5) is 0 Å². The zero-order valence-corrected chi connectivity index (χ0v) is 15.9. The topological polar surface area (TPSA) is 86.6 Å². The highest BCUT2D eigenvalue weighted by atomic mass is 16.2. The van der Waals surface area contributed by atoms with E-state index in [4.69, 9.17) is 0 Å². The number of aromatic amines is 1. The first-order valence-electron chi connectivity index (χ1n) is 9.54. The average molecular weight is 380 g/mol. The van der Waals surface area contributed by atoms with Crippen LogP contribution in [0.15, 0.2) is 47.7 Å². The molecule has 0 bridgehead atoms. The van der Waals surface area contributed by atoms with Crippen molar-refractivity contribution in [2.75, 3.05) is 26.7 Å². The molecule has 146 valence electrons. The molecule has 1 aromatic carbocycles. The van der Waals surface area contributed by atoms with Gasteiger partial charge in [0.2, 0.25) is 0 Å². The summed E-state index contributed by atoms with van der Waals surface area (Å²) >= 11 is 0. The predicted octanol–water partition coefficient (Wildman–Crippen LogP) is 1.40. The maximum absolute atomic E-state index is 12.7. The number of amides is 1. The van der Waals surface area contributed by atoms with Crippen LogP contribution in [0.5, 0.6) is 0 Å². The molecule has 1 aliphatic heterocycles. The molecule has 0 unspecified atom stereocenters. The fourth-order valence-corrected chi connectivity index (χ4v) is 3.79. The SMILES string of the molecule is CN(CC1CCN(Cc2ccccc2)CC1)C(=O)c1cnc2nc[nH]n2c1=O. The lowest BCUT2D eigenvalue weighted by atomic mass is 9.95. The third-order valence-electron chi connectivity index (χ3n) is 5.37. The van der Waals surface area contributed by atoms with Crippen LogP contribution >= 0.6 is 0 Å². The van der Waals surface area contributed by atoms with Crippen molar-refractivity contribution in [3.63, 3.8) is 0 Å². The lowest BCUT2D eigenvalue weighted by molar-refractivity contribution is 0.0735. The average Bonchev–Trinajstić information content (AvgIpc) is 3.20. The van der Waals surface area contributed by atoms with Crippen molar-refractivity contribution in [3.05, 3.63) is 64.3 Å². The van der Waals surface area contributed by atoms with E-state index in [0.717, 1.165) is 32.5 Å². The van der Waals surface area contributed by atoms with Gasteiger partial charge in [0.05, 0.1) is 0 Å². The first-order valence-corrected chi connectivity index (χ1v) is 9.54. The summed E-state index contributed by atoms with van der Waals surface area (Å²) in [6, 6.07) is 10.5. The van der Waals surface area contributed by atoms with Gasteiger partial charge in [0.15, 0.2) is 0 Å². The van der Waals surface area contributed by atoms with Crippen LogP contribution in [0, 0.1) is 5.92 Å². The highest BCUT2D eigenvalue weighted by Crippen LogP contribution is 2.20. The van der Waals surface area contributed by atoms with Gasteiger partial charge in [-0.25, -0.2) is 9.97 Å². The van der Waals surface area contributed by atoms with Crippen LogP contribution in [-0.4, -0.2) is 62.0 Å². The molecule has 0 spiro atoms. The number of hydrogen-bond donors (Lipinski definition) is 1. The summed E-state index contributed by atoms with van der Waals surface area (Å²) in [6.07, 6.45) is 4.78. The molecule has 1 N–H and O–H groups in total. The Morgan fingerprint density at radius 1 is 1.21 bits per heavy atom. The molecular formula is C20H24N6O2.